The van der Waals surface area contributed by atoms with Crippen LogP contribution in [0.3, 0.4) is 0 Å². The minimum atomic E-state index is -3.43. The molecule has 2 aromatic carbocycles. The molecule has 3 rings (SSSR count). The molecule has 1 atom stereocenters. The fourth-order valence-electron chi connectivity index (χ4n) is 3.30. The van der Waals surface area contributed by atoms with E-state index >= 15 is 0 Å². The number of sulfonamides is 1. The number of ketones is 1. The van der Waals surface area contributed by atoms with Crippen LogP contribution < -0.4 is 10.0 Å². The van der Waals surface area contributed by atoms with Gasteiger partial charge in [0.1, 0.15) is 5.54 Å². The maximum atomic E-state index is 13.1. The van der Waals surface area contributed by atoms with E-state index in [0.717, 1.165) is 11.2 Å². The van der Waals surface area contributed by atoms with Gasteiger partial charge in [-0.2, -0.15) is 0 Å². The van der Waals surface area contributed by atoms with Crippen molar-refractivity contribution in [3.8, 4) is 0 Å². The first-order valence-electron chi connectivity index (χ1n) is 8.97. The van der Waals surface area contributed by atoms with Crippen molar-refractivity contribution in [3.05, 3.63) is 65.7 Å². The van der Waals surface area contributed by atoms with Gasteiger partial charge in [-0.3, -0.25) is 19.2 Å². The molecule has 0 saturated carbocycles. The monoisotopic (exact) mass is 415 g/mol. The first kappa shape index (κ1) is 20.5. The van der Waals surface area contributed by atoms with Gasteiger partial charge in [0.2, 0.25) is 10.0 Å². The fourth-order valence-corrected chi connectivity index (χ4v) is 3.87. The molecule has 0 radical (unpaired) electrons. The van der Waals surface area contributed by atoms with Crippen LogP contribution in [0, 0.1) is 0 Å². The Labute approximate surface area is 169 Å². The fraction of sp³-hybridized carbons (Fsp3) is 0.250. The molecule has 3 amide bonds. The smallest absolute Gasteiger partial charge is 0.319 e. The summed E-state index contributed by atoms with van der Waals surface area (Å²) in [5.74, 6) is -0.903. The first-order chi connectivity index (χ1) is 13.7. The number of imide groups is 1. The van der Waals surface area contributed by atoms with Gasteiger partial charge in [-0.25, -0.2) is 13.2 Å². The van der Waals surface area contributed by atoms with Crippen molar-refractivity contribution in [1.29, 1.82) is 0 Å². The van der Waals surface area contributed by atoms with Gasteiger partial charge >= 0.3 is 6.03 Å². The van der Waals surface area contributed by atoms with Crippen LogP contribution in [0.15, 0.2) is 54.6 Å². The van der Waals surface area contributed by atoms with Crippen molar-refractivity contribution in [3.63, 3.8) is 0 Å². The number of nitrogens with zero attached hydrogens (tertiary/aromatic N) is 1. The third kappa shape index (κ3) is 4.14. The molecule has 0 spiro atoms. The Balaban J connectivity index is 1.79. The molecular weight excluding hydrogens is 394 g/mol. The van der Waals surface area contributed by atoms with Gasteiger partial charge in [-0.15, -0.1) is 0 Å². The van der Waals surface area contributed by atoms with Gasteiger partial charge in [0, 0.05) is 11.3 Å². The number of amides is 3. The Morgan fingerprint density at radius 2 is 1.69 bits per heavy atom. The second-order valence-corrected chi connectivity index (χ2v) is 8.57. The zero-order chi connectivity index (χ0) is 21.2. The van der Waals surface area contributed by atoms with Crippen molar-refractivity contribution < 1.29 is 22.8 Å². The minimum Gasteiger partial charge on any atom is -0.319 e. The summed E-state index contributed by atoms with van der Waals surface area (Å²) in [6, 6.07) is 14.1. The maximum absolute atomic E-state index is 13.1. The largest absolute Gasteiger partial charge is 0.325 e. The zero-order valence-corrected chi connectivity index (χ0v) is 16.8. The number of carbonyl (C=O) groups is 3. The van der Waals surface area contributed by atoms with Gasteiger partial charge < -0.3 is 5.32 Å². The molecule has 8 nitrogen and oxygen atoms in total. The van der Waals surface area contributed by atoms with E-state index < -0.39 is 39.8 Å². The van der Waals surface area contributed by atoms with E-state index in [1.807, 2.05) is 6.07 Å². The molecule has 1 heterocycles. The van der Waals surface area contributed by atoms with E-state index in [9.17, 15) is 22.8 Å². The van der Waals surface area contributed by atoms with Crippen LogP contribution in [0.5, 0.6) is 0 Å². The van der Waals surface area contributed by atoms with Crippen LogP contribution in [-0.4, -0.2) is 43.8 Å². The molecular formula is C20H21N3O5S. The van der Waals surface area contributed by atoms with Crippen molar-refractivity contribution in [2.24, 2.45) is 0 Å². The van der Waals surface area contributed by atoms with Crippen LogP contribution in [0.2, 0.25) is 0 Å². The normalized spacial score (nSPS) is 19.2. The van der Waals surface area contributed by atoms with E-state index in [1.165, 1.54) is 24.3 Å². The Bertz CT molecular complexity index is 1050. The third-order valence-corrected chi connectivity index (χ3v) is 5.39. The molecule has 1 aliphatic rings. The van der Waals surface area contributed by atoms with Crippen molar-refractivity contribution >= 4 is 33.4 Å². The highest BCUT2D eigenvalue weighted by Crippen LogP contribution is 2.32. The molecule has 1 aliphatic heterocycles. The lowest BCUT2D eigenvalue weighted by Gasteiger charge is -2.25. The molecule has 2 aromatic rings. The van der Waals surface area contributed by atoms with Crippen LogP contribution >= 0.6 is 0 Å². The summed E-state index contributed by atoms with van der Waals surface area (Å²) in [6.45, 7) is 1.39. The standard InChI is InChI=1S/C20H21N3O5S/c1-3-20(15-7-5-4-6-8-15)18(25)23(19(26)21-20)13-17(24)14-9-11-16(12-10-14)22-29(2,27)28/h4-12,22H,3,13H2,1-2H3,(H,21,26)/t20-/m1/s1. The molecule has 9 heteroatoms. The second kappa shape index (κ2) is 7.67. The molecule has 29 heavy (non-hydrogen) atoms. The Morgan fingerprint density at radius 3 is 2.24 bits per heavy atom. The van der Waals surface area contributed by atoms with Crippen molar-refractivity contribution in [2.45, 2.75) is 18.9 Å². The highest BCUT2D eigenvalue weighted by Gasteiger charge is 2.51. The summed E-state index contributed by atoms with van der Waals surface area (Å²) in [5.41, 5.74) is 0.0421. The van der Waals surface area contributed by atoms with Gasteiger partial charge in [0.15, 0.2) is 5.78 Å². The average Bonchev–Trinajstić information content (AvgIpc) is 2.93. The molecule has 0 aliphatic carbocycles. The Hall–Kier alpha value is -3.20. The van der Waals surface area contributed by atoms with Gasteiger partial charge in [0.25, 0.3) is 5.91 Å². The maximum Gasteiger partial charge on any atom is 0.325 e. The Morgan fingerprint density at radius 1 is 1.07 bits per heavy atom. The van der Waals surface area contributed by atoms with Crippen LogP contribution in [0.1, 0.15) is 29.3 Å². The number of anilines is 1. The highest BCUT2D eigenvalue weighted by atomic mass is 32.2. The predicted molar refractivity (Wildman–Crippen MR) is 108 cm³/mol. The van der Waals surface area contributed by atoms with Crippen molar-refractivity contribution in [1.82, 2.24) is 10.2 Å². The number of nitrogens with one attached hydrogen (secondary N) is 2. The lowest BCUT2D eigenvalue weighted by molar-refractivity contribution is -0.131. The number of hydrogen-bond acceptors (Lipinski definition) is 5. The quantitative estimate of drug-likeness (QED) is 0.531. The summed E-state index contributed by atoms with van der Waals surface area (Å²) in [6.07, 6.45) is 1.37. The molecule has 2 N–H and O–H groups in total. The van der Waals surface area contributed by atoms with E-state index in [4.69, 9.17) is 0 Å². The van der Waals surface area contributed by atoms with Crippen LogP contribution in [-0.2, 0) is 20.4 Å². The number of hydrogen-bond donors (Lipinski definition) is 2. The second-order valence-electron chi connectivity index (χ2n) is 6.82. The molecule has 0 unspecified atom stereocenters. The summed E-state index contributed by atoms with van der Waals surface area (Å²) in [5, 5.41) is 2.73. The number of urea groups is 1. The third-order valence-electron chi connectivity index (χ3n) is 4.78. The highest BCUT2D eigenvalue weighted by molar-refractivity contribution is 7.92. The molecule has 152 valence electrons. The summed E-state index contributed by atoms with van der Waals surface area (Å²) in [4.78, 5) is 39.1. The topological polar surface area (TPSA) is 113 Å². The van der Waals surface area contributed by atoms with E-state index in [2.05, 4.69) is 10.0 Å². The molecule has 1 saturated heterocycles. The van der Waals surface area contributed by atoms with E-state index in [-0.39, 0.29) is 5.56 Å². The lowest BCUT2D eigenvalue weighted by Crippen LogP contribution is -2.43. The summed E-state index contributed by atoms with van der Waals surface area (Å²) >= 11 is 0. The van der Waals surface area contributed by atoms with Crippen molar-refractivity contribution in [2.75, 3.05) is 17.5 Å². The predicted octanol–water partition coefficient (Wildman–Crippen LogP) is 2.10. The summed E-state index contributed by atoms with van der Waals surface area (Å²) in [7, 11) is -3.43. The minimum absolute atomic E-state index is 0.262. The first-order valence-corrected chi connectivity index (χ1v) is 10.9. The number of Topliss-reactive ketones (excluding diaryl/α,β-unsaturated/α-hetero) is 1. The summed E-state index contributed by atoms with van der Waals surface area (Å²) < 4.78 is 24.8. The molecule has 1 fully saturated rings. The number of benzene rings is 2. The van der Waals surface area contributed by atoms with Gasteiger partial charge in [-0.1, -0.05) is 37.3 Å². The Kier molecular flexibility index (Phi) is 5.43. The zero-order valence-electron chi connectivity index (χ0n) is 16.0. The molecule has 0 aromatic heterocycles. The number of rotatable bonds is 7. The van der Waals surface area contributed by atoms with E-state index in [1.54, 1.807) is 31.2 Å². The lowest BCUT2D eigenvalue weighted by atomic mass is 9.87. The van der Waals surface area contributed by atoms with E-state index in [0.29, 0.717) is 17.7 Å². The van der Waals surface area contributed by atoms with Crippen LogP contribution in [0.4, 0.5) is 10.5 Å². The van der Waals surface area contributed by atoms with Gasteiger partial charge in [-0.05, 0) is 36.2 Å². The molecule has 0 bridgehead atoms. The number of carbonyl (C=O) groups excluding carboxylic acids is 3. The van der Waals surface area contributed by atoms with Gasteiger partial charge in [0.05, 0.1) is 12.8 Å². The average molecular weight is 415 g/mol. The van der Waals surface area contributed by atoms with Crippen LogP contribution in [0.25, 0.3) is 0 Å². The SMILES string of the molecule is CC[C@]1(c2ccccc2)NC(=O)N(CC(=O)c2ccc(NS(C)(=O)=O)cc2)C1=O.